The molecule has 1 aliphatic heterocycles. The van der Waals surface area contributed by atoms with Gasteiger partial charge in [0.15, 0.2) is 0 Å². The second kappa shape index (κ2) is 7.06. The zero-order chi connectivity index (χ0) is 19.0. The molecule has 3 aromatic rings. The van der Waals surface area contributed by atoms with Crippen LogP contribution in [0.4, 0.5) is 11.4 Å². The normalized spacial score (nSPS) is 14.8. The number of hydrogen-bond donors (Lipinski definition) is 1. The van der Waals surface area contributed by atoms with Gasteiger partial charge in [-0.1, -0.05) is 24.3 Å². The highest BCUT2D eigenvalue weighted by atomic mass is 16.2. The first-order chi connectivity index (χ1) is 13.0. The van der Waals surface area contributed by atoms with Crippen LogP contribution < -0.4 is 10.2 Å². The molecule has 27 heavy (non-hydrogen) atoms. The average molecular weight is 362 g/mol. The van der Waals surface area contributed by atoms with Crippen molar-refractivity contribution in [3.63, 3.8) is 0 Å². The third kappa shape index (κ3) is 3.29. The molecule has 5 nitrogen and oxygen atoms in total. The zero-order valence-corrected chi connectivity index (χ0v) is 16.2. The van der Waals surface area contributed by atoms with E-state index in [-0.39, 0.29) is 5.91 Å². The van der Waals surface area contributed by atoms with E-state index >= 15 is 0 Å². The lowest BCUT2D eigenvalue weighted by atomic mass is 10.1. The molecule has 1 aromatic heterocycles. The Bertz CT molecular complexity index is 1000. The van der Waals surface area contributed by atoms with Crippen molar-refractivity contribution < 1.29 is 4.79 Å². The van der Waals surface area contributed by atoms with E-state index in [0.717, 1.165) is 54.2 Å². The Morgan fingerprint density at radius 1 is 1.15 bits per heavy atom. The lowest BCUT2D eigenvalue weighted by Gasteiger charge is -2.27. The van der Waals surface area contributed by atoms with Crippen LogP contribution in [0.2, 0.25) is 0 Å². The van der Waals surface area contributed by atoms with Crippen molar-refractivity contribution in [1.82, 2.24) is 9.55 Å². The molecular weight excluding hydrogens is 336 g/mol. The van der Waals surface area contributed by atoms with Crippen LogP contribution in [0.1, 0.15) is 36.2 Å². The van der Waals surface area contributed by atoms with Gasteiger partial charge in [-0.3, -0.25) is 4.79 Å². The summed E-state index contributed by atoms with van der Waals surface area (Å²) in [5.41, 5.74) is 6.47. The molecule has 1 saturated heterocycles. The van der Waals surface area contributed by atoms with Gasteiger partial charge in [-0.15, -0.1) is 0 Å². The van der Waals surface area contributed by atoms with Gasteiger partial charge in [0.25, 0.3) is 0 Å². The summed E-state index contributed by atoms with van der Waals surface area (Å²) in [6.45, 7) is 5.66. The third-order valence-corrected chi connectivity index (χ3v) is 5.56. The van der Waals surface area contributed by atoms with Crippen molar-refractivity contribution >= 4 is 28.3 Å². The van der Waals surface area contributed by atoms with Gasteiger partial charge in [-0.05, 0) is 49.9 Å². The van der Waals surface area contributed by atoms with Crippen molar-refractivity contribution in [2.45, 2.75) is 39.7 Å². The fourth-order valence-electron chi connectivity index (χ4n) is 3.76. The van der Waals surface area contributed by atoms with Gasteiger partial charge in [0.2, 0.25) is 5.91 Å². The maximum Gasteiger partial charge on any atom is 0.226 e. The molecule has 1 amide bonds. The van der Waals surface area contributed by atoms with Crippen LogP contribution in [0.15, 0.2) is 36.4 Å². The molecule has 0 saturated carbocycles. The molecule has 0 unspecified atom stereocenters. The number of rotatable bonds is 4. The lowest BCUT2D eigenvalue weighted by Crippen LogP contribution is -2.35. The highest BCUT2D eigenvalue weighted by molar-refractivity contribution is 5.99. The second-order valence-corrected chi connectivity index (χ2v) is 7.36. The Balaban J connectivity index is 1.74. The molecular formula is C22H26N4O. The number of carbonyl (C=O) groups excluding carboxylic acids is 1. The number of nitrogens with one attached hydrogen (secondary N) is 1. The van der Waals surface area contributed by atoms with E-state index in [9.17, 15) is 4.79 Å². The second-order valence-electron chi connectivity index (χ2n) is 7.36. The first kappa shape index (κ1) is 17.6. The maximum absolute atomic E-state index is 12.4. The topological polar surface area (TPSA) is 50.2 Å². The SMILES string of the molecule is Cc1ccccc1CNc1cc(N2CCCCC2=O)cc2c1nc(C)n2C. The molecule has 140 valence electrons. The molecule has 5 heteroatoms. The van der Waals surface area contributed by atoms with Crippen molar-refractivity contribution in [3.8, 4) is 0 Å². The van der Waals surface area contributed by atoms with Gasteiger partial charge in [0, 0.05) is 32.2 Å². The van der Waals surface area contributed by atoms with E-state index in [0.29, 0.717) is 6.42 Å². The highest BCUT2D eigenvalue weighted by Crippen LogP contribution is 2.32. The summed E-state index contributed by atoms with van der Waals surface area (Å²) in [5, 5.41) is 3.57. The standard InChI is InChI=1S/C22H26N4O/c1-15-8-4-5-9-17(15)14-23-19-12-18(26-11-7-6-10-21(26)27)13-20-22(19)24-16(2)25(20)3/h4-5,8-9,12-13,23H,6-7,10-11,14H2,1-3H3. The van der Waals surface area contributed by atoms with Crippen molar-refractivity contribution in [2.75, 3.05) is 16.8 Å². The number of anilines is 2. The Hall–Kier alpha value is -2.82. The fourth-order valence-corrected chi connectivity index (χ4v) is 3.76. The molecule has 4 rings (SSSR count). The Kier molecular flexibility index (Phi) is 4.60. The number of nitrogens with zero attached hydrogens (tertiary/aromatic N) is 3. The minimum absolute atomic E-state index is 0.212. The van der Waals surface area contributed by atoms with Crippen molar-refractivity contribution in [3.05, 3.63) is 53.3 Å². The molecule has 2 aromatic carbocycles. The average Bonchev–Trinajstić information content (AvgIpc) is 2.96. The number of amides is 1. The maximum atomic E-state index is 12.4. The summed E-state index contributed by atoms with van der Waals surface area (Å²) in [6, 6.07) is 12.6. The van der Waals surface area contributed by atoms with Crippen LogP contribution in [-0.4, -0.2) is 22.0 Å². The predicted molar refractivity (Wildman–Crippen MR) is 110 cm³/mol. The zero-order valence-electron chi connectivity index (χ0n) is 16.2. The number of piperidine rings is 1. The van der Waals surface area contributed by atoms with Crippen LogP contribution in [0.3, 0.4) is 0 Å². The van der Waals surface area contributed by atoms with Gasteiger partial charge >= 0.3 is 0 Å². The summed E-state index contributed by atoms with van der Waals surface area (Å²) in [5.74, 6) is 1.18. The van der Waals surface area contributed by atoms with E-state index in [1.165, 1.54) is 11.1 Å². The number of aromatic nitrogens is 2. The predicted octanol–water partition coefficient (Wildman–Crippen LogP) is 4.32. The van der Waals surface area contributed by atoms with E-state index < -0.39 is 0 Å². The number of benzene rings is 2. The molecule has 1 aliphatic rings. The van der Waals surface area contributed by atoms with E-state index in [4.69, 9.17) is 4.98 Å². The minimum Gasteiger partial charge on any atom is -0.379 e. The first-order valence-electron chi connectivity index (χ1n) is 9.60. The van der Waals surface area contributed by atoms with Gasteiger partial charge in [-0.25, -0.2) is 4.98 Å². The number of fused-ring (bicyclic) bond motifs is 1. The minimum atomic E-state index is 0.212. The molecule has 0 atom stereocenters. The van der Waals surface area contributed by atoms with E-state index in [2.05, 4.69) is 53.2 Å². The number of carbonyl (C=O) groups is 1. The van der Waals surface area contributed by atoms with Crippen LogP contribution in [0, 0.1) is 13.8 Å². The molecule has 2 heterocycles. The largest absolute Gasteiger partial charge is 0.379 e. The van der Waals surface area contributed by atoms with Crippen LogP contribution in [-0.2, 0) is 18.4 Å². The van der Waals surface area contributed by atoms with Crippen molar-refractivity contribution in [2.24, 2.45) is 7.05 Å². The van der Waals surface area contributed by atoms with Crippen molar-refractivity contribution in [1.29, 1.82) is 0 Å². The first-order valence-corrected chi connectivity index (χ1v) is 9.60. The van der Waals surface area contributed by atoms with Crippen LogP contribution in [0.25, 0.3) is 11.0 Å². The number of aryl methyl sites for hydroxylation is 3. The lowest BCUT2D eigenvalue weighted by molar-refractivity contribution is -0.119. The Morgan fingerprint density at radius 2 is 1.96 bits per heavy atom. The highest BCUT2D eigenvalue weighted by Gasteiger charge is 2.22. The van der Waals surface area contributed by atoms with E-state index in [1.54, 1.807) is 0 Å². The quantitative estimate of drug-likeness (QED) is 0.752. The summed E-state index contributed by atoms with van der Waals surface area (Å²) in [6.07, 6.45) is 2.68. The van der Waals surface area contributed by atoms with Gasteiger partial charge in [0.05, 0.1) is 11.2 Å². The Morgan fingerprint density at radius 3 is 2.74 bits per heavy atom. The summed E-state index contributed by atoms with van der Waals surface area (Å²) in [4.78, 5) is 19.1. The van der Waals surface area contributed by atoms with E-state index in [1.807, 2.05) is 18.9 Å². The summed E-state index contributed by atoms with van der Waals surface area (Å²) < 4.78 is 2.09. The van der Waals surface area contributed by atoms with Gasteiger partial charge in [0.1, 0.15) is 11.3 Å². The molecule has 1 N–H and O–H groups in total. The molecule has 1 fully saturated rings. The number of imidazole rings is 1. The van der Waals surface area contributed by atoms with Crippen LogP contribution >= 0.6 is 0 Å². The molecule has 0 aliphatic carbocycles. The Labute approximate surface area is 160 Å². The molecule has 0 spiro atoms. The summed E-state index contributed by atoms with van der Waals surface area (Å²) >= 11 is 0. The molecule has 0 radical (unpaired) electrons. The van der Waals surface area contributed by atoms with Gasteiger partial charge in [-0.2, -0.15) is 0 Å². The van der Waals surface area contributed by atoms with Gasteiger partial charge < -0.3 is 14.8 Å². The number of hydrogen-bond acceptors (Lipinski definition) is 3. The monoisotopic (exact) mass is 362 g/mol. The molecule has 0 bridgehead atoms. The summed E-state index contributed by atoms with van der Waals surface area (Å²) in [7, 11) is 2.03. The van der Waals surface area contributed by atoms with Crippen LogP contribution in [0.5, 0.6) is 0 Å². The smallest absolute Gasteiger partial charge is 0.226 e. The third-order valence-electron chi connectivity index (χ3n) is 5.56. The fraction of sp³-hybridized carbons (Fsp3) is 0.364.